The van der Waals surface area contributed by atoms with Gasteiger partial charge in [0.05, 0.1) is 17.9 Å². The Morgan fingerprint density at radius 1 is 1.08 bits per heavy atom. The summed E-state index contributed by atoms with van der Waals surface area (Å²) in [5, 5.41) is 0. The smallest absolute Gasteiger partial charge is 0.154 e. The number of hydrogen-bond donors (Lipinski definition) is 1. The summed E-state index contributed by atoms with van der Waals surface area (Å²) in [6.45, 7) is 1.57. The Labute approximate surface area is 156 Å². The quantitative estimate of drug-likeness (QED) is 0.641. The third kappa shape index (κ3) is 3.10. The molecule has 0 unspecified atom stereocenters. The molecule has 0 spiro atoms. The van der Waals surface area contributed by atoms with E-state index in [2.05, 4.69) is 19.9 Å². The third-order valence-electron chi connectivity index (χ3n) is 4.46. The first-order valence-electron chi connectivity index (χ1n) is 8.53. The van der Waals surface area contributed by atoms with E-state index in [9.17, 15) is 4.39 Å². The molecule has 3 aromatic rings. The van der Waals surface area contributed by atoms with E-state index in [1.807, 2.05) is 30.5 Å². The molecule has 0 amide bonds. The first kappa shape index (κ1) is 16.8. The van der Waals surface area contributed by atoms with Crippen LogP contribution in [0.1, 0.15) is 6.42 Å². The number of pyridine rings is 1. The maximum Gasteiger partial charge on any atom is 0.154 e. The van der Waals surface area contributed by atoms with Crippen LogP contribution in [0.2, 0.25) is 0 Å². The molecule has 0 atom stereocenters. The van der Waals surface area contributed by atoms with Gasteiger partial charge in [-0.3, -0.25) is 4.98 Å². The SMILES string of the molecule is Fc1ccc(-c2c(-c3ccncc3)[nH]c3c2N(CCCCl)CC=N3)cc1. The second kappa shape index (κ2) is 7.30. The zero-order valence-corrected chi connectivity index (χ0v) is 14.9. The molecule has 0 aliphatic carbocycles. The number of aliphatic imine (C=N–C) groups is 1. The first-order chi connectivity index (χ1) is 12.8. The molecular formula is C20H18ClFN4. The molecule has 2 aromatic heterocycles. The largest absolute Gasteiger partial charge is 0.363 e. The lowest BCUT2D eigenvalue weighted by Gasteiger charge is -2.26. The Kier molecular flexibility index (Phi) is 4.71. The maximum atomic E-state index is 13.5. The number of H-pyrrole nitrogens is 1. The van der Waals surface area contributed by atoms with E-state index in [1.165, 1.54) is 12.1 Å². The van der Waals surface area contributed by atoms with Gasteiger partial charge in [-0.25, -0.2) is 9.38 Å². The van der Waals surface area contributed by atoms with E-state index in [1.54, 1.807) is 12.4 Å². The lowest BCUT2D eigenvalue weighted by Crippen LogP contribution is -2.28. The van der Waals surface area contributed by atoms with Crippen molar-refractivity contribution in [2.45, 2.75) is 6.42 Å². The highest BCUT2D eigenvalue weighted by Crippen LogP contribution is 2.46. The van der Waals surface area contributed by atoms with Crippen LogP contribution in [0.15, 0.2) is 53.8 Å². The van der Waals surface area contributed by atoms with Crippen LogP contribution in [0.25, 0.3) is 22.4 Å². The van der Waals surface area contributed by atoms with Crippen LogP contribution >= 0.6 is 11.6 Å². The summed E-state index contributed by atoms with van der Waals surface area (Å²) in [6, 6.07) is 10.5. The molecular weight excluding hydrogens is 351 g/mol. The van der Waals surface area contributed by atoms with Crippen LogP contribution in [0.4, 0.5) is 15.9 Å². The fourth-order valence-corrected chi connectivity index (χ4v) is 3.41. The van der Waals surface area contributed by atoms with Crippen molar-refractivity contribution in [3.05, 3.63) is 54.6 Å². The molecule has 26 heavy (non-hydrogen) atoms. The molecule has 4 rings (SSSR count). The van der Waals surface area contributed by atoms with Crippen LogP contribution in [-0.4, -0.2) is 35.2 Å². The highest BCUT2D eigenvalue weighted by Gasteiger charge is 2.25. The van der Waals surface area contributed by atoms with Crippen LogP contribution in [0.3, 0.4) is 0 Å². The number of aromatic amines is 1. The van der Waals surface area contributed by atoms with Gasteiger partial charge in [0, 0.05) is 42.2 Å². The predicted octanol–water partition coefficient (Wildman–Crippen LogP) is 5.03. The van der Waals surface area contributed by atoms with Crippen molar-refractivity contribution >= 4 is 29.3 Å². The van der Waals surface area contributed by atoms with Crippen LogP contribution < -0.4 is 4.90 Å². The van der Waals surface area contributed by atoms with Crippen molar-refractivity contribution in [2.24, 2.45) is 4.99 Å². The summed E-state index contributed by atoms with van der Waals surface area (Å²) in [6.07, 6.45) is 6.31. The van der Waals surface area contributed by atoms with Crippen LogP contribution in [0.5, 0.6) is 0 Å². The number of halogens is 2. The molecule has 4 nitrogen and oxygen atoms in total. The van der Waals surface area contributed by atoms with Crippen molar-refractivity contribution in [1.29, 1.82) is 0 Å². The monoisotopic (exact) mass is 368 g/mol. The summed E-state index contributed by atoms with van der Waals surface area (Å²) in [7, 11) is 0. The highest BCUT2D eigenvalue weighted by atomic mass is 35.5. The molecule has 0 bridgehead atoms. The number of aromatic nitrogens is 2. The Morgan fingerprint density at radius 2 is 1.85 bits per heavy atom. The minimum absolute atomic E-state index is 0.249. The lowest BCUT2D eigenvalue weighted by atomic mass is 9.99. The lowest BCUT2D eigenvalue weighted by molar-refractivity contribution is 0.628. The molecule has 1 aromatic carbocycles. The summed E-state index contributed by atoms with van der Waals surface area (Å²) in [4.78, 5) is 14.4. The van der Waals surface area contributed by atoms with Gasteiger partial charge in [-0.05, 0) is 36.2 Å². The van der Waals surface area contributed by atoms with Crippen molar-refractivity contribution in [3.8, 4) is 22.4 Å². The number of fused-ring (bicyclic) bond motifs is 1. The fourth-order valence-electron chi connectivity index (χ4n) is 3.29. The molecule has 3 heterocycles. The Hall–Kier alpha value is -2.66. The fraction of sp³-hybridized carbons (Fsp3) is 0.200. The molecule has 1 aliphatic heterocycles. The van der Waals surface area contributed by atoms with Gasteiger partial charge in [0.2, 0.25) is 0 Å². The number of nitrogens with zero attached hydrogens (tertiary/aromatic N) is 3. The second-order valence-electron chi connectivity index (χ2n) is 6.12. The molecule has 0 fully saturated rings. The van der Waals surface area contributed by atoms with E-state index in [0.29, 0.717) is 5.88 Å². The van der Waals surface area contributed by atoms with Gasteiger partial charge in [0.1, 0.15) is 5.82 Å². The number of benzene rings is 1. The van der Waals surface area contributed by atoms with Gasteiger partial charge in [-0.1, -0.05) is 12.1 Å². The molecule has 0 saturated carbocycles. The Bertz CT molecular complexity index is 919. The maximum absolute atomic E-state index is 13.5. The normalized spacial score (nSPS) is 13.1. The minimum Gasteiger partial charge on any atom is -0.363 e. The van der Waals surface area contributed by atoms with Gasteiger partial charge in [0.15, 0.2) is 5.82 Å². The van der Waals surface area contributed by atoms with Crippen molar-refractivity contribution in [1.82, 2.24) is 9.97 Å². The standard InChI is InChI=1S/C20H18ClFN4/c21-8-1-12-26-13-11-24-20-19(26)17(14-2-4-16(22)5-3-14)18(25-20)15-6-9-23-10-7-15/h2-7,9-11,25H,1,8,12-13H2. The summed E-state index contributed by atoms with van der Waals surface area (Å²) in [5.41, 5.74) is 4.98. The van der Waals surface area contributed by atoms with E-state index in [4.69, 9.17) is 11.6 Å². The summed E-state index contributed by atoms with van der Waals surface area (Å²) >= 11 is 5.91. The van der Waals surface area contributed by atoms with Crippen LogP contribution in [-0.2, 0) is 0 Å². The Morgan fingerprint density at radius 3 is 2.58 bits per heavy atom. The van der Waals surface area contributed by atoms with Gasteiger partial charge < -0.3 is 9.88 Å². The average Bonchev–Trinajstić information content (AvgIpc) is 3.08. The van der Waals surface area contributed by atoms with Gasteiger partial charge in [-0.2, -0.15) is 0 Å². The number of alkyl halides is 1. The van der Waals surface area contributed by atoms with E-state index in [0.717, 1.165) is 53.4 Å². The predicted molar refractivity (Wildman–Crippen MR) is 105 cm³/mol. The highest BCUT2D eigenvalue weighted by molar-refractivity contribution is 6.17. The Balaban J connectivity index is 1.92. The second-order valence-corrected chi connectivity index (χ2v) is 6.49. The number of nitrogens with one attached hydrogen (secondary N) is 1. The summed E-state index contributed by atoms with van der Waals surface area (Å²) in [5.74, 6) is 1.17. The molecule has 6 heteroatoms. The zero-order valence-electron chi connectivity index (χ0n) is 14.1. The van der Waals surface area contributed by atoms with Gasteiger partial charge >= 0.3 is 0 Å². The van der Waals surface area contributed by atoms with Crippen molar-refractivity contribution < 1.29 is 4.39 Å². The third-order valence-corrected chi connectivity index (χ3v) is 4.72. The minimum atomic E-state index is -0.249. The summed E-state index contributed by atoms with van der Waals surface area (Å²) < 4.78 is 13.5. The van der Waals surface area contributed by atoms with E-state index >= 15 is 0 Å². The molecule has 1 aliphatic rings. The molecule has 1 N–H and O–H groups in total. The van der Waals surface area contributed by atoms with Crippen molar-refractivity contribution in [2.75, 3.05) is 23.9 Å². The number of anilines is 1. The van der Waals surface area contributed by atoms with Gasteiger partial charge in [-0.15, -0.1) is 11.6 Å². The van der Waals surface area contributed by atoms with Crippen LogP contribution in [0, 0.1) is 5.82 Å². The van der Waals surface area contributed by atoms with Gasteiger partial charge in [0.25, 0.3) is 0 Å². The topological polar surface area (TPSA) is 44.3 Å². The van der Waals surface area contributed by atoms with E-state index < -0.39 is 0 Å². The first-order valence-corrected chi connectivity index (χ1v) is 9.07. The average molecular weight is 369 g/mol. The molecule has 132 valence electrons. The zero-order chi connectivity index (χ0) is 17.9. The van der Waals surface area contributed by atoms with E-state index in [-0.39, 0.29) is 5.82 Å². The number of rotatable bonds is 5. The van der Waals surface area contributed by atoms with Crippen molar-refractivity contribution in [3.63, 3.8) is 0 Å². The molecule has 0 radical (unpaired) electrons. The number of hydrogen-bond acceptors (Lipinski definition) is 3. The molecule has 0 saturated heterocycles.